The Kier molecular flexibility index (Phi) is 5.21. The fraction of sp³-hybridized carbons (Fsp3) is 0.300. The lowest BCUT2D eigenvalue weighted by molar-refractivity contribution is -0.153. The molecule has 8 heteroatoms. The lowest BCUT2D eigenvalue weighted by Crippen LogP contribution is -2.38. The van der Waals surface area contributed by atoms with Gasteiger partial charge >= 0.3 is 5.97 Å². The number of rotatable bonds is 6. The minimum absolute atomic E-state index is 0.222. The fourth-order valence-electron chi connectivity index (χ4n) is 3.20. The number of ether oxygens (including phenoxy) is 1. The van der Waals surface area contributed by atoms with E-state index < -0.39 is 6.10 Å². The predicted octanol–water partition coefficient (Wildman–Crippen LogP) is 3.34. The lowest BCUT2D eigenvalue weighted by atomic mass is 10.1. The van der Waals surface area contributed by atoms with Gasteiger partial charge in [0.2, 0.25) is 0 Å². The van der Waals surface area contributed by atoms with E-state index in [1.165, 1.54) is 11.3 Å². The first-order chi connectivity index (χ1) is 13.6. The summed E-state index contributed by atoms with van der Waals surface area (Å²) in [6.45, 7) is 2.46. The number of nitrogens with zero attached hydrogens (tertiary/aromatic N) is 3. The summed E-state index contributed by atoms with van der Waals surface area (Å²) in [5.41, 5.74) is 2.46. The van der Waals surface area contributed by atoms with E-state index in [4.69, 9.17) is 9.26 Å². The summed E-state index contributed by atoms with van der Waals surface area (Å²) in [5, 5.41) is 6.88. The van der Waals surface area contributed by atoms with Gasteiger partial charge in [-0.15, -0.1) is 11.3 Å². The zero-order valence-electron chi connectivity index (χ0n) is 15.3. The van der Waals surface area contributed by atoms with Crippen LogP contribution < -0.4 is 0 Å². The molecule has 1 saturated heterocycles. The van der Waals surface area contributed by atoms with E-state index in [1.807, 2.05) is 42.6 Å². The summed E-state index contributed by atoms with van der Waals surface area (Å²) in [6, 6.07) is 9.70. The van der Waals surface area contributed by atoms with Gasteiger partial charge in [-0.2, -0.15) is 0 Å². The third-order valence-electron chi connectivity index (χ3n) is 4.66. The van der Waals surface area contributed by atoms with Crippen LogP contribution in [0.3, 0.4) is 0 Å². The first kappa shape index (κ1) is 18.4. The molecule has 3 aromatic rings. The molecule has 1 aliphatic heterocycles. The Morgan fingerprint density at radius 1 is 1.29 bits per heavy atom. The Balaban J connectivity index is 1.63. The number of carbonyl (C=O) groups excluding carboxylic acids is 2. The van der Waals surface area contributed by atoms with Gasteiger partial charge in [-0.25, -0.2) is 4.98 Å². The highest BCUT2D eigenvalue weighted by Gasteiger charge is 2.34. The molecule has 0 bridgehead atoms. The third kappa shape index (κ3) is 3.82. The molecule has 2 aromatic heterocycles. The van der Waals surface area contributed by atoms with E-state index in [-0.39, 0.29) is 18.3 Å². The number of amides is 1. The van der Waals surface area contributed by atoms with Gasteiger partial charge in [-0.05, 0) is 6.92 Å². The number of aromatic nitrogens is 2. The SMILES string of the molecule is Cc1onc(-c2ccccc2)c1CN(Cc1nccs1)C(=O)[C@@H]1CCC(=O)O1. The van der Waals surface area contributed by atoms with Gasteiger partial charge in [0, 0.05) is 35.5 Å². The van der Waals surface area contributed by atoms with Crippen LogP contribution in [-0.4, -0.2) is 33.0 Å². The number of thiazole rings is 1. The average Bonchev–Trinajstić information content (AvgIpc) is 3.44. The highest BCUT2D eigenvalue weighted by atomic mass is 32.1. The summed E-state index contributed by atoms with van der Waals surface area (Å²) in [7, 11) is 0. The van der Waals surface area contributed by atoms with Crippen molar-refractivity contribution in [3.8, 4) is 11.3 Å². The van der Waals surface area contributed by atoms with E-state index in [0.717, 1.165) is 16.1 Å². The zero-order chi connectivity index (χ0) is 19.5. The van der Waals surface area contributed by atoms with Crippen molar-refractivity contribution < 1.29 is 18.8 Å². The number of benzene rings is 1. The minimum Gasteiger partial charge on any atom is -0.452 e. The van der Waals surface area contributed by atoms with Gasteiger partial charge in [-0.1, -0.05) is 35.5 Å². The van der Waals surface area contributed by atoms with Crippen molar-refractivity contribution in [2.75, 3.05) is 0 Å². The van der Waals surface area contributed by atoms with Gasteiger partial charge in [0.1, 0.15) is 16.5 Å². The molecule has 1 fully saturated rings. The molecule has 0 aliphatic carbocycles. The molecule has 1 amide bonds. The van der Waals surface area contributed by atoms with E-state index >= 15 is 0 Å². The molecule has 0 spiro atoms. The molecule has 1 aromatic carbocycles. The maximum Gasteiger partial charge on any atom is 0.306 e. The zero-order valence-corrected chi connectivity index (χ0v) is 16.1. The van der Waals surface area contributed by atoms with Crippen LogP contribution in [0, 0.1) is 6.92 Å². The molecule has 7 nitrogen and oxygen atoms in total. The largest absolute Gasteiger partial charge is 0.452 e. The van der Waals surface area contributed by atoms with Crippen LogP contribution in [0.5, 0.6) is 0 Å². The van der Waals surface area contributed by atoms with Crippen molar-refractivity contribution in [3.63, 3.8) is 0 Å². The summed E-state index contributed by atoms with van der Waals surface area (Å²) in [5.74, 6) is 0.0959. The van der Waals surface area contributed by atoms with Gasteiger partial charge in [-0.3, -0.25) is 9.59 Å². The summed E-state index contributed by atoms with van der Waals surface area (Å²) >= 11 is 1.48. The smallest absolute Gasteiger partial charge is 0.306 e. The second-order valence-corrected chi connectivity index (χ2v) is 7.55. The standard InChI is InChI=1S/C20H19N3O4S/c1-13-15(19(22-27-13)14-5-3-2-4-6-14)11-23(12-17-21-9-10-28-17)20(25)16-7-8-18(24)26-16/h2-6,9-10,16H,7-8,11-12H2,1H3/t16-/m0/s1. The molecule has 0 N–H and O–H groups in total. The van der Waals surface area contributed by atoms with Crippen LogP contribution in [0.15, 0.2) is 46.4 Å². The van der Waals surface area contributed by atoms with Gasteiger partial charge in [0.15, 0.2) is 6.10 Å². The number of aryl methyl sites for hydroxylation is 1. The number of cyclic esters (lactones) is 1. The van der Waals surface area contributed by atoms with Crippen LogP contribution in [0.25, 0.3) is 11.3 Å². The third-order valence-corrected chi connectivity index (χ3v) is 5.43. The predicted molar refractivity (Wildman–Crippen MR) is 102 cm³/mol. The van der Waals surface area contributed by atoms with E-state index in [9.17, 15) is 9.59 Å². The minimum atomic E-state index is -0.743. The van der Waals surface area contributed by atoms with Crippen molar-refractivity contribution in [2.24, 2.45) is 0 Å². The molecular weight excluding hydrogens is 378 g/mol. The highest BCUT2D eigenvalue weighted by Crippen LogP contribution is 2.28. The molecule has 144 valence electrons. The lowest BCUT2D eigenvalue weighted by Gasteiger charge is -2.24. The van der Waals surface area contributed by atoms with Crippen molar-refractivity contribution in [3.05, 3.63) is 58.2 Å². The highest BCUT2D eigenvalue weighted by molar-refractivity contribution is 7.09. The number of carbonyl (C=O) groups is 2. The summed E-state index contributed by atoms with van der Waals surface area (Å²) < 4.78 is 10.6. The molecule has 1 atom stereocenters. The molecule has 0 saturated carbocycles. The first-order valence-corrected chi connectivity index (χ1v) is 9.87. The van der Waals surface area contributed by atoms with Crippen molar-refractivity contribution >= 4 is 23.2 Å². The summed E-state index contributed by atoms with van der Waals surface area (Å²) in [6.07, 6.45) is 1.63. The molecule has 3 heterocycles. The van der Waals surface area contributed by atoms with Crippen molar-refractivity contribution in [1.29, 1.82) is 0 Å². The molecule has 0 radical (unpaired) electrons. The first-order valence-electron chi connectivity index (χ1n) is 8.99. The quantitative estimate of drug-likeness (QED) is 0.593. The van der Waals surface area contributed by atoms with Gasteiger partial charge in [0.05, 0.1) is 13.1 Å². The molecule has 28 heavy (non-hydrogen) atoms. The number of hydrogen-bond donors (Lipinski definition) is 0. The molecular formula is C20H19N3O4S. The Morgan fingerprint density at radius 2 is 2.11 bits per heavy atom. The van der Waals surface area contributed by atoms with Crippen LogP contribution in [0.1, 0.15) is 29.2 Å². The van der Waals surface area contributed by atoms with Gasteiger partial charge < -0.3 is 14.2 Å². The van der Waals surface area contributed by atoms with Crippen LogP contribution in [0.2, 0.25) is 0 Å². The van der Waals surface area contributed by atoms with Crippen LogP contribution >= 0.6 is 11.3 Å². The number of esters is 1. The summed E-state index contributed by atoms with van der Waals surface area (Å²) in [4.78, 5) is 30.5. The van der Waals surface area contributed by atoms with Crippen molar-refractivity contribution in [2.45, 2.75) is 39.0 Å². The maximum atomic E-state index is 13.1. The normalized spacial score (nSPS) is 16.2. The maximum absolute atomic E-state index is 13.1. The monoisotopic (exact) mass is 397 g/mol. The average molecular weight is 397 g/mol. The molecule has 0 unspecified atom stereocenters. The Bertz CT molecular complexity index is 969. The second-order valence-electron chi connectivity index (χ2n) is 6.57. The second kappa shape index (κ2) is 7.93. The Labute approximate surface area is 165 Å². The van der Waals surface area contributed by atoms with Gasteiger partial charge in [0.25, 0.3) is 5.91 Å². The van der Waals surface area contributed by atoms with E-state index in [0.29, 0.717) is 31.0 Å². The topological polar surface area (TPSA) is 85.5 Å². The van der Waals surface area contributed by atoms with Crippen molar-refractivity contribution in [1.82, 2.24) is 15.0 Å². The number of hydrogen-bond acceptors (Lipinski definition) is 7. The Morgan fingerprint density at radius 3 is 2.79 bits per heavy atom. The van der Waals surface area contributed by atoms with Crippen LogP contribution in [-0.2, 0) is 27.4 Å². The Hall–Kier alpha value is -3.00. The van der Waals surface area contributed by atoms with E-state index in [1.54, 1.807) is 11.1 Å². The molecule has 4 rings (SSSR count). The van der Waals surface area contributed by atoms with Crippen LogP contribution in [0.4, 0.5) is 0 Å². The molecule has 1 aliphatic rings. The van der Waals surface area contributed by atoms with E-state index in [2.05, 4.69) is 10.1 Å². The fourth-order valence-corrected chi connectivity index (χ4v) is 3.83.